The summed E-state index contributed by atoms with van der Waals surface area (Å²) in [5.74, 6) is 0.836. The van der Waals surface area contributed by atoms with E-state index < -0.39 is 44.1 Å². The van der Waals surface area contributed by atoms with Crippen LogP contribution in [0.25, 0.3) is 0 Å². The zero-order valence-electron chi connectivity index (χ0n) is 26.4. The Morgan fingerprint density at radius 3 is 0.568 bits per heavy atom. The van der Waals surface area contributed by atoms with Gasteiger partial charge in [-0.05, 0) is 58.3 Å². The van der Waals surface area contributed by atoms with Gasteiger partial charge in [0.2, 0.25) is 0 Å². The minimum absolute atomic E-state index is 0.169. The van der Waals surface area contributed by atoms with Crippen LogP contribution in [0.1, 0.15) is 90.0 Å². The average Bonchev–Trinajstić information content (AvgIpc) is 2.64. The normalized spacial score (nSPS) is 15.6. The lowest BCUT2D eigenvalue weighted by molar-refractivity contribution is 0.457. The summed E-state index contributed by atoms with van der Waals surface area (Å²) in [6.45, 7) is 24.0. The number of sulfone groups is 4. The highest BCUT2D eigenvalue weighted by Gasteiger charge is 2.33. The molecule has 0 amide bonds. The molecule has 37 heavy (non-hydrogen) atoms. The Bertz CT molecular complexity index is 950. The van der Waals surface area contributed by atoms with Crippen LogP contribution >= 0.6 is 0 Å². The molecule has 0 saturated heterocycles. The lowest BCUT2D eigenvalue weighted by Crippen LogP contribution is -2.36. The Hall–Kier alpha value is -0.200. The maximum Gasteiger partial charge on any atom is 0.152 e. The lowest BCUT2D eigenvalue weighted by Gasteiger charge is -2.26. The van der Waals surface area contributed by atoms with E-state index in [1.54, 1.807) is 34.6 Å². The van der Waals surface area contributed by atoms with E-state index in [2.05, 4.69) is 0 Å². The zero-order chi connectivity index (χ0) is 31.5. The Labute approximate surface area is 231 Å². The fourth-order valence-corrected chi connectivity index (χ4v) is 5.73. The maximum absolute atomic E-state index is 11.1. The fraction of sp³-hybridized carbons (Fsp3) is 1.00. The molecule has 0 radical (unpaired) electrons. The minimum atomic E-state index is -2.90. The van der Waals surface area contributed by atoms with Crippen molar-refractivity contribution < 1.29 is 33.7 Å². The van der Waals surface area contributed by atoms with E-state index in [0.717, 1.165) is 0 Å². The van der Waals surface area contributed by atoms with E-state index in [-0.39, 0.29) is 39.4 Å². The molecule has 0 saturated carbocycles. The number of hydrogen-bond acceptors (Lipinski definition) is 8. The topological polar surface area (TPSA) is 137 Å². The third kappa shape index (κ3) is 20.4. The fourth-order valence-electron chi connectivity index (χ4n) is 1.91. The molecule has 12 heteroatoms. The van der Waals surface area contributed by atoms with Gasteiger partial charge in [0, 0.05) is 25.0 Å². The molecule has 0 aromatic carbocycles. The molecule has 0 aliphatic carbocycles. The number of hydrogen-bond donors (Lipinski definition) is 0. The van der Waals surface area contributed by atoms with Crippen molar-refractivity contribution in [3.63, 3.8) is 0 Å². The second kappa shape index (κ2) is 16.8. The summed E-state index contributed by atoms with van der Waals surface area (Å²) in [6, 6.07) is 0. The van der Waals surface area contributed by atoms with Crippen LogP contribution in [0.15, 0.2) is 0 Å². The van der Waals surface area contributed by atoms with Crippen molar-refractivity contribution in [1.82, 2.24) is 0 Å². The molecule has 0 aliphatic rings. The summed E-state index contributed by atoms with van der Waals surface area (Å²) in [4.78, 5) is 0. The summed E-state index contributed by atoms with van der Waals surface area (Å²) in [6.07, 6.45) is 5.11. The van der Waals surface area contributed by atoms with Crippen molar-refractivity contribution >= 4 is 39.3 Å². The van der Waals surface area contributed by atoms with Gasteiger partial charge in [-0.1, -0.05) is 55.4 Å². The van der Waals surface area contributed by atoms with Gasteiger partial charge in [0.25, 0.3) is 0 Å². The molecule has 8 nitrogen and oxygen atoms in total. The molecule has 0 aromatic rings. The Kier molecular flexibility index (Phi) is 19.9. The summed E-state index contributed by atoms with van der Waals surface area (Å²) in [5.41, 5.74) is 0. The molecule has 0 aliphatic heterocycles. The third-order valence-electron chi connectivity index (χ3n) is 7.19. The summed E-state index contributed by atoms with van der Waals surface area (Å²) >= 11 is 0. The van der Waals surface area contributed by atoms with Crippen LogP contribution in [0.4, 0.5) is 0 Å². The summed E-state index contributed by atoms with van der Waals surface area (Å²) in [5, 5.41) is -0.632. The van der Waals surface area contributed by atoms with E-state index in [0.29, 0.717) is 0 Å². The Morgan fingerprint density at radius 1 is 0.405 bits per heavy atom. The summed E-state index contributed by atoms with van der Waals surface area (Å²) < 4.78 is 86.2. The molecule has 0 fully saturated rings. The number of rotatable bonds is 8. The van der Waals surface area contributed by atoms with Gasteiger partial charge in [-0.2, -0.15) is 0 Å². The first-order valence-electron chi connectivity index (χ1n) is 12.5. The first-order valence-corrected chi connectivity index (χ1v) is 20.3. The van der Waals surface area contributed by atoms with Crippen molar-refractivity contribution in [2.75, 3.05) is 25.0 Å². The lowest BCUT2D eigenvalue weighted by atomic mass is 10.00. The maximum atomic E-state index is 11.1. The molecule has 230 valence electrons. The molecule has 0 heterocycles. The molecule has 0 rings (SSSR count). The van der Waals surface area contributed by atoms with Crippen molar-refractivity contribution in [2.24, 2.45) is 23.7 Å². The molecule has 0 bridgehead atoms. The minimum Gasteiger partial charge on any atom is -0.229 e. The first kappa shape index (κ1) is 43.8. The smallest absolute Gasteiger partial charge is 0.152 e. The predicted octanol–water partition coefficient (Wildman–Crippen LogP) is 4.69. The van der Waals surface area contributed by atoms with Crippen LogP contribution in [0.3, 0.4) is 0 Å². The van der Waals surface area contributed by atoms with Crippen molar-refractivity contribution in [2.45, 2.75) is 111 Å². The zero-order valence-corrected chi connectivity index (χ0v) is 29.7. The molecule has 3 atom stereocenters. The van der Waals surface area contributed by atoms with Crippen molar-refractivity contribution in [3.05, 3.63) is 0 Å². The molecule has 0 spiro atoms. The van der Waals surface area contributed by atoms with Crippen LogP contribution in [-0.2, 0) is 39.3 Å². The van der Waals surface area contributed by atoms with Gasteiger partial charge < -0.3 is 0 Å². The molecule has 1 unspecified atom stereocenters. The van der Waals surface area contributed by atoms with Gasteiger partial charge in [0.05, 0.1) is 20.5 Å². The van der Waals surface area contributed by atoms with E-state index in [9.17, 15) is 33.7 Å². The molecule has 0 aromatic heterocycles. The molecular weight excluding hydrogens is 557 g/mol. The van der Waals surface area contributed by atoms with Gasteiger partial charge in [-0.3, -0.25) is 0 Å². The van der Waals surface area contributed by atoms with Gasteiger partial charge in [-0.25, -0.2) is 33.7 Å². The van der Waals surface area contributed by atoms with Gasteiger partial charge in [0.1, 0.15) is 29.5 Å². The highest BCUT2D eigenvalue weighted by Crippen LogP contribution is 2.24. The van der Waals surface area contributed by atoms with Gasteiger partial charge >= 0.3 is 0 Å². The van der Waals surface area contributed by atoms with E-state index >= 15 is 0 Å². The van der Waals surface area contributed by atoms with Crippen molar-refractivity contribution in [3.8, 4) is 0 Å². The predicted molar refractivity (Wildman–Crippen MR) is 161 cm³/mol. The standard InChI is InChI=1S/C7H16O2S.3C6H14O2S/c1-6(2)7(3,4)10(5,8)9;3*1-5(2)6(3)9(4,7)8/h6H,1-5H3;3*5-6H,1-4H3/t;2*6-;/m.10./s1. The van der Waals surface area contributed by atoms with E-state index in [4.69, 9.17) is 0 Å². The highest BCUT2D eigenvalue weighted by molar-refractivity contribution is 7.92. The Balaban J connectivity index is -0.000000196. The monoisotopic (exact) mass is 614 g/mol. The molecule has 0 N–H and O–H groups in total. The van der Waals surface area contributed by atoms with E-state index in [1.165, 1.54) is 25.0 Å². The van der Waals surface area contributed by atoms with Crippen LogP contribution in [0.5, 0.6) is 0 Å². The molecular formula is C25H58O8S4. The quantitative estimate of drug-likeness (QED) is 0.384. The second-order valence-electron chi connectivity index (χ2n) is 11.9. The van der Waals surface area contributed by atoms with Crippen molar-refractivity contribution in [1.29, 1.82) is 0 Å². The highest BCUT2D eigenvalue weighted by atomic mass is 32.2. The summed E-state index contributed by atoms with van der Waals surface area (Å²) in [7, 11) is -11.3. The van der Waals surface area contributed by atoms with E-state index in [1.807, 2.05) is 55.4 Å². The Morgan fingerprint density at radius 2 is 0.568 bits per heavy atom. The van der Waals surface area contributed by atoms with Gasteiger partial charge in [-0.15, -0.1) is 0 Å². The van der Waals surface area contributed by atoms with Crippen LogP contribution < -0.4 is 0 Å². The van der Waals surface area contributed by atoms with Crippen LogP contribution in [0.2, 0.25) is 0 Å². The van der Waals surface area contributed by atoms with Crippen LogP contribution in [0, 0.1) is 23.7 Å². The SMILES string of the molecule is CC(C)C(C)(C)S(C)(=O)=O.CC(C)C(C)S(C)(=O)=O.CC(C)[C@@H](C)S(C)(=O)=O.CC(C)[C@H](C)S(C)(=O)=O. The average molecular weight is 615 g/mol. The third-order valence-corrected chi connectivity index (χ3v) is 15.3. The second-order valence-corrected chi connectivity index (χ2v) is 21.7. The largest absolute Gasteiger partial charge is 0.229 e. The van der Waals surface area contributed by atoms with Gasteiger partial charge in [0.15, 0.2) is 9.84 Å². The van der Waals surface area contributed by atoms with Crippen LogP contribution in [-0.4, -0.2) is 79.2 Å². The first-order chi connectivity index (χ1) is 15.8.